The summed E-state index contributed by atoms with van der Waals surface area (Å²) >= 11 is 0. The summed E-state index contributed by atoms with van der Waals surface area (Å²) < 4.78 is 5.12. The van der Waals surface area contributed by atoms with Gasteiger partial charge in [0.15, 0.2) is 0 Å². The van der Waals surface area contributed by atoms with Gasteiger partial charge >= 0.3 is 0 Å². The van der Waals surface area contributed by atoms with E-state index in [-0.39, 0.29) is 0 Å². The Labute approximate surface area is 105 Å². The van der Waals surface area contributed by atoms with E-state index < -0.39 is 0 Å². The Morgan fingerprint density at radius 1 is 1.29 bits per heavy atom. The summed E-state index contributed by atoms with van der Waals surface area (Å²) in [6.45, 7) is 11.1. The molecular weight excluding hydrogens is 212 g/mol. The van der Waals surface area contributed by atoms with Crippen molar-refractivity contribution in [1.29, 1.82) is 0 Å². The molecule has 0 aliphatic heterocycles. The summed E-state index contributed by atoms with van der Waals surface area (Å²) in [4.78, 5) is 2.47. The van der Waals surface area contributed by atoms with Crippen molar-refractivity contribution in [1.82, 2.24) is 10.2 Å². The molecule has 0 amide bonds. The molecule has 0 saturated heterocycles. The van der Waals surface area contributed by atoms with Gasteiger partial charge in [-0.1, -0.05) is 20.8 Å². The van der Waals surface area contributed by atoms with Crippen LogP contribution in [0.5, 0.6) is 0 Å². The molecule has 1 aromatic heterocycles. The lowest BCUT2D eigenvalue weighted by Crippen LogP contribution is -2.35. The highest BCUT2D eigenvalue weighted by molar-refractivity contribution is 5.07. The molecule has 0 spiro atoms. The number of furan rings is 1. The van der Waals surface area contributed by atoms with E-state index in [0.717, 1.165) is 26.1 Å². The van der Waals surface area contributed by atoms with Gasteiger partial charge in [-0.25, -0.2) is 0 Å². The van der Waals surface area contributed by atoms with Crippen LogP contribution in [-0.2, 0) is 6.42 Å². The van der Waals surface area contributed by atoms with Gasteiger partial charge in [0.2, 0.25) is 0 Å². The molecule has 1 aromatic rings. The molecule has 0 aliphatic carbocycles. The van der Waals surface area contributed by atoms with Crippen LogP contribution >= 0.6 is 0 Å². The lowest BCUT2D eigenvalue weighted by atomic mass is 10.1. The van der Waals surface area contributed by atoms with Crippen LogP contribution in [-0.4, -0.2) is 37.1 Å². The fourth-order valence-corrected chi connectivity index (χ4v) is 2.14. The van der Waals surface area contributed by atoms with Gasteiger partial charge in [-0.2, -0.15) is 0 Å². The van der Waals surface area contributed by atoms with Gasteiger partial charge in [0, 0.05) is 6.04 Å². The average molecular weight is 238 g/mol. The lowest BCUT2D eigenvalue weighted by molar-refractivity contribution is 0.281. The van der Waals surface area contributed by atoms with Crippen LogP contribution in [0.25, 0.3) is 0 Å². The predicted octanol–water partition coefficient (Wildman–Crippen LogP) is 2.53. The minimum absolute atomic E-state index is 0.554. The summed E-state index contributed by atoms with van der Waals surface area (Å²) in [5.41, 5.74) is 1.29. The maximum Gasteiger partial charge on any atom is 0.0935 e. The summed E-state index contributed by atoms with van der Waals surface area (Å²) in [7, 11) is 0. The lowest BCUT2D eigenvalue weighted by Gasteiger charge is -2.23. The van der Waals surface area contributed by atoms with E-state index in [1.54, 1.807) is 6.26 Å². The Morgan fingerprint density at radius 2 is 2.06 bits per heavy atom. The minimum Gasteiger partial charge on any atom is -0.472 e. The fraction of sp³-hybridized carbons (Fsp3) is 0.714. The smallest absolute Gasteiger partial charge is 0.0935 e. The molecule has 0 aliphatic rings. The van der Waals surface area contributed by atoms with Crippen LogP contribution in [0.15, 0.2) is 23.0 Å². The summed E-state index contributed by atoms with van der Waals surface area (Å²) in [5, 5.41) is 3.56. The first-order valence-corrected chi connectivity index (χ1v) is 6.76. The van der Waals surface area contributed by atoms with Crippen LogP contribution in [0.3, 0.4) is 0 Å². The van der Waals surface area contributed by atoms with Crippen LogP contribution < -0.4 is 5.32 Å². The van der Waals surface area contributed by atoms with E-state index in [1.165, 1.54) is 18.5 Å². The minimum atomic E-state index is 0.554. The quantitative estimate of drug-likeness (QED) is 0.716. The molecule has 0 bridgehead atoms. The van der Waals surface area contributed by atoms with E-state index in [1.807, 2.05) is 6.26 Å². The second-order valence-corrected chi connectivity index (χ2v) is 4.41. The van der Waals surface area contributed by atoms with Gasteiger partial charge in [0.05, 0.1) is 12.5 Å². The highest BCUT2D eigenvalue weighted by Gasteiger charge is 2.10. The zero-order chi connectivity index (χ0) is 12.5. The second-order valence-electron chi connectivity index (χ2n) is 4.41. The summed E-state index contributed by atoms with van der Waals surface area (Å²) in [6.07, 6.45) is 5.86. The van der Waals surface area contributed by atoms with E-state index >= 15 is 0 Å². The van der Waals surface area contributed by atoms with Gasteiger partial charge in [0.1, 0.15) is 0 Å². The van der Waals surface area contributed by atoms with E-state index in [0.29, 0.717) is 6.04 Å². The zero-order valence-electron chi connectivity index (χ0n) is 11.4. The summed E-state index contributed by atoms with van der Waals surface area (Å²) in [6, 6.07) is 2.61. The third kappa shape index (κ3) is 5.37. The molecule has 0 aromatic carbocycles. The summed E-state index contributed by atoms with van der Waals surface area (Å²) in [5.74, 6) is 0. The monoisotopic (exact) mass is 238 g/mol. The molecule has 1 unspecified atom stereocenters. The van der Waals surface area contributed by atoms with Gasteiger partial charge in [0.25, 0.3) is 0 Å². The number of nitrogens with one attached hydrogen (secondary N) is 1. The van der Waals surface area contributed by atoms with Crippen molar-refractivity contribution in [2.45, 2.75) is 39.7 Å². The molecule has 3 nitrogen and oxygen atoms in total. The molecule has 17 heavy (non-hydrogen) atoms. The van der Waals surface area contributed by atoms with Crippen molar-refractivity contribution in [3.8, 4) is 0 Å². The van der Waals surface area contributed by atoms with Gasteiger partial charge < -0.3 is 14.6 Å². The van der Waals surface area contributed by atoms with Crippen molar-refractivity contribution >= 4 is 0 Å². The molecule has 3 heteroatoms. The SMILES string of the molecule is CCNC(CCN(CC)CC)Cc1ccoc1. The fourth-order valence-electron chi connectivity index (χ4n) is 2.14. The van der Waals surface area contributed by atoms with Crippen molar-refractivity contribution in [3.63, 3.8) is 0 Å². The van der Waals surface area contributed by atoms with Gasteiger partial charge in [-0.15, -0.1) is 0 Å². The largest absolute Gasteiger partial charge is 0.472 e. The zero-order valence-corrected chi connectivity index (χ0v) is 11.4. The number of likely N-dealkylation sites (N-methyl/N-ethyl adjacent to an activating group) is 1. The van der Waals surface area contributed by atoms with Gasteiger partial charge in [-0.3, -0.25) is 0 Å². The molecule has 0 fully saturated rings. The Morgan fingerprint density at radius 3 is 2.59 bits per heavy atom. The van der Waals surface area contributed by atoms with Crippen molar-refractivity contribution < 1.29 is 4.42 Å². The van der Waals surface area contributed by atoms with Crippen LogP contribution in [0, 0.1) is 0 Å². The number of nitrogens with zero attached hydrogens (tertiary/aromatic N) is 1. The van der Waals surface area contributed by atoms with E-state index in [9.17, 15) is 0 Å². The number of hydrogen-bond acceptors (Lipinski definition) is 3. The van der Waals surface area contributed by atoms with Crippen LogP contribution in [0.1, 0.15) is 32.8 Å². The van der Waals surface area contributed by atoms with E-state index in [4.69, 9.17) is 4.42 Å². The molecule has 98 valence electrons. The van der Waals surface area contributed by atoms with Gasteiger partial charge in [-0.05, 0) is 50.7 Å². The molecule has 1 heterocycles. The third-order valence-electron chi connectivity index (χ3n) is 3.24. The first kappa shape index (κ1) is 14.3. The average Bonchev–Trinajstić information content (AvgIpc) is 2.83. The number of rotatable bonds is 9. The Balaban J connectivity index is 2.37. The highest BCUT2D eigenvalue weighted by Crippen LogP contribution is 2.07. The molecule has 1 rings (SSSR count). The highest BCUT2D eigenvalue weighted by atomic mass is 16.3. The molecular formula is C14H26N2O. The topological polar surface area (TPSA) is 28.4 Å². The van der Waals surface area contributed by atoms with Crippen molar-refractivity contribution in [3.05, 3.63) is 24.2 Å². The molecule has 1 atom stereocenters. The third-order valence-corrected chi connectivity index (χ3v) is 3.24. The maximum atomic E-state index is 5.12. The first-order valence-electron chi connectivity index (χ1n) is 6.76. The standard InChI is InChI=1S/C14H26N2O/c1-4-15-14(7-9-16(5-2)6-3)11-13-8-10-17-12-13/h8,10,12,14-15H,4-7,9,11H2,1-3H3. The Bertz CT molecular complexity index is 268. The Hall–Kier alpha value is -0.800. The maximum absolute atomic E-state index is 5.12. The number of hydrogen-bond donors (Lipinski definition) is 1. The van der Waals surface area contributed by atoms with Crippen LogP contribution in [0.4, 0.5) is 0 Å². The van der Waals surface area contributed by atoms with Crippen molar-refractivity contribution in [2.75, 3.05) is 26.2 Å². The molecule has 0 saturated carbocycles. The van der Waals surface area contributed by atoms with Crippen molar-refractivity contribution in [2.24, 2.45) is 0 Å². The predicted molar refractivity (Wildman–Crippen MR) is 72.3 cm³/mol. The normalized spacial score (nSPS) is 13.2. The Kier molecular flexibility index (Phi) is 6.97. The molecule has 1 N–H and O–H groups in total. The molecule has 0 radical (unpaired) electrons. The first-order chi connectivity index (χ1) is 8.30. The van der Waals surface area contributed by atoms with Crippen LogP contribution in [0.2, 0.25) is 0 Å². The van der Waals surface area contributed by atoms with E-state index in [2.05, 4.69) is 37.1 Å². The second kappa shape index (κ2) is 8.31.